The Morgan fingerprint density at radius 2 is 1.74 bits per heavy atom. The molecule has 0 aliphatic carbocycles. The molecule has 0 saturated carbocycles. The van der Waals surface area contributed by atoms with Crippen LogP contribution in [0.5, 0.6) is 0 Å². The highest BCUT2D eigenvalue weighted by Crippen LogP contribution is 2.22. The van der Waals surface area contributed by atoms with Crippen LogP contribution in [0.25, 0.3) is 0 Å². The van der Waals surface area contributed by atoms with Crippen molar-refractivity contribution in [3.8, 4) is 0 Å². The maximum Gasteiger partial charge on any atom is 0.243 e. The first-order valence-corrected chi connectivity index (χ1v) is 11.0. The van der Waals surface area contributed by atoms with E-state index in [2.05, 4.69) is 10.3 Å². The van der Waals surface area contributed by atoms with E-state index >= 15 is 0 Å². The summed E-state index contributed by atoms with van der Waals surface area (Å²) in [7, 11) is 0. The van der Waals surface area contributed by atoms with Crippen LogP contribution in [0.4, 0.5) is 0 Å². The highest BCUT2D eigenvalue weighted by molar-refractivity contribution is 5.90. The fraction of sp³-hybridized carbons (Fsp3) is 0.458. The van der Waals surface area contributed by atoms with E-state index < -0.39 is 12.1 Å². The molecule has 1 aliphatic heterocycles. The zero-order valence-corrected chi connectivity index (χ0v) is 21.8. The minimum Gasteiger partial charge on any atom is -0.347 e. The molecule has 2 aromatic rings. The van der Waals surface area contributed by atoms with Gasteiger partial charge in [-0.3, -0.25) is 14.6 Å². The normalized spacial score (nSPS) is 17.3. The van der Waals surface area contributed by atoms with Gasteiger partial charge < -0.3 is 21.7 Å². The standard InChI is InChI=1S/C24H33N5O2.3ClH/c1-17(25)12-13-20(26)24(31)29-15-7-11-22(29)23(30)28-21(18-8-3-2-4-9-18)16-19-10-5-6-14-27-19;;;/h2-6,8-10,14,17,20-22H,7,11-13,15-16,25-26H2,1H3,(H,28,30);3*1H/t17?,20-,21-,22-;;;/m0.../s1. The van der Waals surface area contributed by atoms with Gasteiger partial charge in [0.25, 0.3) is 0 Å². The molecule has 0 radical (unpaired) electrons. The molecule has 190 valence electrons. The van der Waals surface area contributed by atoms with Crippen LogP contribution < -0.4 is 16.8 Å². The Balaban J connectivity index is 0.00000363. The first-order chi connectivity index (χ1) is 15.0. The molecule has 1 fully saturated rings. The third-order valence-corrected chi connectivity index (χ3v) is 5.75. The van der Waals surface area contributed by atoms with Crippen LogP contribution in [-0.2, 0) is 16.0 Å². The number of nitrogens with two attached hydrogens (primary N) is 2. The smallest absolute Gasteiger partial charge is 0.243 e. The van der Waals surface area contributed by atoms with Gasteiger partial charge in [-0.05, 0) is 50.3 Å². The number of likely N-dealkylation sites (tertiary alicyclic amines) is 1. The second-order valence-electron chi connectivity index (χ2n) is 8.35. The summed E-state index contributed by atoms with van der Waals surface area (Å²) in [6, 6.07) is 14.2. The van der Waals surface area contributed by atoms with Crippen molar-refractivity contribution in [1.82, 2.24) is 15.2 Å². The molecule has 2 amide bonds. The lowest BCUT2D eigenvalue weighted by atomic mass is 10.0. The first-order valence-electron chi connectivity index (χ1n) is 11.0. The Labute approximate surface area is 220 Å². The van der Waals surface area contributed by atoms with E-state index in [1.807, 2.05) is 55.5 Å². The summed E-state index contributed by atoms with van der Waals surface area (Å²) in [6.07, 6.45) is 4.96. The van der Waals surface area contributed by atoms with Crippen molar-refractivity contribution in [2.75, 3.05) is 6.54 Å². The average molecular weight is 533 g/mol. The van der Waals surface area contributed by atoms with Gasteiger partial charge in [-0.2, -0.15) is 0 Å². The summed E-state index contributed by atoms with van der Waals surface area (Å²) in [5, 5.41) is 3.16. The summed E-state index contributed by atoms with van der Waals surface area (Å²) in [6.45, 7) is 2.45. The quantitative estimate of drug-likeness (QED) is 0.459. The molecule has 2 heterocycles. The van der Waals surface area contributed by atoms with Gasteiger partial charge in [0.05, 0.1) is 12.1 Å². The van der Waals surface area contributed by atoms with E-state index in [1.165, 1.54) is 0 Å². The molecule has 1 saturated heterocycles. The van der Waals surface area contributed by atoms with E-state index in [0.717, 1.165) is 17.7 Å². The van der Waals surface area contributed by atoms with Gasteiger partial charge in [0.1, 0.15) is 6.04 Å². The van der Waals surface area contributed by atoms with Gasteiger partial charge in [-0.15, -0.1) is 37.2 Å². The Morgan fingerprint density at radius 3 is 2.35 bits per heavy atom. The number of nitrogens with zero attached hydrogens (tertiary/aromatic N) is 2. The second kappa shape index (κ2) is 15.9. The Morgan fingerprint density at radius 1 is 1.06 bits per heavy atom. The topological polar surface area (TPSA) is 114 Å². The Bertz CT molecular complexity index is 858. The molecule has 10 heteroatoms. The fourth-order valence-corrected chi connectivity index (χ4v) is 4.02. The van der Waals surface area contributed by atoms with Crippen LogP contribution in [-0.4, -0.2) is 46.4 Å². The van der Waals surface area contributed by atoms with Crippen LogP contribution in [0.1, 0.15) is 49.9 Å². The van der Waals surface area contributed by atoms with Gasteiger partial charge in [0, 0.05) is 30.9 Å². The predicted octanol–water partition coefficient (Wildman–Crippen LogP) is 3.19. The number of halogens is 3. The molecule has 1 aromatic heterocycles. The van der Waals surface area contributed by atoms with Gasteiger partial charge >= 0.3 is 0 Å². The molecule has 7 nitrogen and oxygen atoms in total. The summed E-state index contributed by atoms with van der Waals surface area (Å²) >= 11 is 0. The number of rotatable bonds is 9. The SMILES string of the molecule is CC(N)CC[C@H](N)C(=O)N1CCC[C@H]1C(=O)N[C@@H](Cc1ccccn1)c1ccccc1.Cl.Cl.Cl. The lowest BCUT2D eigenvalue weighted by Gasteiger charge is -2.29. The predicted molar refractivity (Wildman–Crippen MR) is 143 cm³/mol. The van der Waals surface area contributed by atoms with E-state index in [1.54, 1.807) is 11.1 Å². The van der Waals surface area contributed by atoms with Gasteiger partial charge in [0.2, 0.25) is 11.8 Å². The zero-order valence-electron chi connectivity index (χ0n) is 19.3. The fourth-order valence-electron chi connectivity index (χ4n) is 4.02. The van der Waals surface area contributed by atoms with Crippen molar-refractivity contribution in [1.29, 1.82) is 0 Å². The molecular formula is C24H36Cl3N5O2. The van der Waals surface area contributed by atoms with E-state index in [9.17, 15) is 9.59 Å². The second-order valence-corrected chi connectivity index (χ2v) is 8.35. The van der Waals surface area contributed by atoms with Crippen LogP contribution >= 0.6 is 37.2 Å². The van der Waals surface area contributed by atoms with Crippen molar-refractivity contribution in [2.45, 2.75) is 63.2 Å². The van der Waals surface area contributed by atoms with Crippen molar-refractivity contribution < 1.29 is 9.59 Å². The highest BCUT2D eigenvalue weighted by atomic mass is 35.5. The van der Waals surface area contributed by atoms with Crippen LogP contribution in [0.15, 0.2) is 54.7 Å². The van der Waals surface area contributed by atoms with Gasteiger partial charge in [-0.25, -0.2) is 0 Å². The molecule has 0 spiro atoms. The third kappa shape index (κ3) is 9.04. The molecule has 5 N–H and O–H groups in total. The Kier molecular flexibility index (Phi) is 15.0. The van der Waals surface area contributed by atoms with E-state index in [4.69, 9.17) is 11.5 Å². The third-order valence-electron chi connectivity index (χ3n) is 5.75. The summed E-state index contributed by atoms with van der Waals surface area (Å²) < 4.78 is 0. The van der Waals surface area contributed by atoms with Crippen molar-refractivity contribution >= 4 is 49.0 Å². The minimum absolute atomic E-state index is 0. The summed E-state index contributed by atoms with van der Waals surface area (Å²) in [5.74, 6) is -0.311. The molecule has 34 heavy (non-hydrogen) atoms. The highest BCUT2D eigenvalue weighted by Gasteiger charge is 2.36. The number of pyridine rings is 1. The maximum atomic E-state index is 13.2. The van der Waals surface area contributed by atoms with Gasteiger partial charge in [-0.1, -0.05) is 36.4 Å². The number of benzene rings is 1. The Hall–Kier alpha value is -1.90. The van der Waals surface area contributed by atoms with Crippen molar-refractivity contribution in [3.63, 3.8) is 0 Å². The number of aromatic nitrogens is 1. The van der Waals surface area contributed by atoms with E-state index in [-0.39, 0.29) is 61.1 Å². The van der Waals surface area contributed by atoms with E-state index in [0.29, 0.717) is 32.2 Å². The molecule has 1 aromatic carbocycles. The molecule has 1 aliphatic rings. The largest absolute Gasteiger partial charge is 0.347 e. The lowest BCUT2D eigenvalue weighted by Crippen LogP contribution is -2.52. The number of carbonyl (C=O) groups is 2. The minimum atomic E-state index is -0.627. The summed E-state index contributed by atoms with van der Waals surface area (Å²) in [5.41, 5.74) is 13.8. The number of nitrogens with one attached hydrogen (secondary N) is 1. The number of hydrogen-bond donors (Lipinski definition) is 3. The lowest BCUT2D eigenvalue weighted by molar-refractivity contribution is -0.139. The van der Waals surface area contributed by atoms with Crippen LogP contribution in [0.3, 0.4) is 0 Å². The van der Waals surface area contributed by atoms with Crippen LogP contribution in [0, 0.1) is 0 Å². The molecule has 4 atom stereocenters. The van der Waals surface area contributed by atoms with Crippen molar-refractivity contribution in [3.05, 3.63) is 66.0 Å². The molecule has 1 unspecified atom stereocenters. The molecule has 0 bridgehead atoms. The van der Waals surface area contributed by atoms with Gasteiger partial charge in [0.15, 0.2) is 0 Å². The maximum absolute atomic E-state index is 13.2. The first kappa shape index (κ1) is 32.1. The molecule has 3 rings (SSSR count). The monoisotopic (exact) mass is 531 g/mol. The number of amides is 2. The number of hydrogen-bond acceptors (Lipinski definition) is 5. The average Bonchev–Trinajstić information content (AvgIpc) is 3.28. The summed E-state index contributed by atoms with van der Waals surface area (Å²) in [4.78, 5) is 32.2. The van der Waals surface area contributed by atoms with Crippen molar-refractivity contribution in [2.24, 2.45) is 11.5 Å². The molecular weight excluding hydrogens is 497 g/mol. The number of carbonyl (C=O) groups excluding carboxylic acids is 2. The zero-order chi connectivity index (χ0) is 22.2. The van der Waals surface area contributed by atoms with Crippen LogP contribution in [0.2, 0.25) is 0 Å².